The molecule has 1 saturated heterocycles. The zero-order valence-corrected chi connectivity index (χ0v) is 12.7. The van der Waals surface area contributed by atoms with E-state index in [4.69, 9.17) is 11.6 Å². The average molecular weight is 342 g/mol. The van der Waals surface area contributed by atoms with Gasteiger partial charge in [-0.15, -0.1) is 0 Å². The quantitative estimate of drug-likeness (QED) is 0.888. The first kappa shape index (κ1) is 15.7. The maximum atomic E-state index is 13.5. The first-order valence-electron chi connectivity index (χ1n) is 5.81. The van der Waals surface area contributed by atoms with Crippen LogP contribution in [0.1, 0.15) is 12.0 Å². The Morgan fingerprint density at radius 1 is 1.40 bits per heavy atom. The summed E-state index contributed by atoms with van der Waals surface area (Å²) in [5.41, 5.74) is -0.0501. The van der Waals surface area contributed by atoms with Crippen LogP contribution in [-0.2, 0) is 25.6 Å². The summed E-state index contributed by atoms with van der Waals surface area (Å²) in [6.45, 7) is 0. The Morgan fingerprint density at radius 3 is 2.70 bits per heavy atom. The molecular formula is C11H13ClFNO4S2. The number of hydrogen-bond donors (Lipinski definition) is 1. The average Bonchev–Trinajstić information content (AvgIpc) is 2.62. The third kappa shape index (κ3) is 4.15. The fourth-order valence-electron chi connectivity index (χ4n) is 2.04. The van der Waals surface area contributed by atoms with Gasteiger partial charge in [0, 0.05) is 16.6 Å². The molecule has 1 aromatic carbocycles. The molecule has 5 nitrogen and oxygen atoms in total. The van der Waals surface area contributed by atoms with Gasteiger partial charge in [0.2, 0.25) is 10.0 Å². The normalized spacial score (nSPS) is 22.0. The highest BCUT2D eigenvalue weighted by atomic mass is 35.5. The van der Waals surface area contributed by atoms with Crippen molar-refractivity contribution < 1.29 is 21.2 Å². The molecule has 1 aliphatic heterocycles. The van der Waals surface area contributed by atoms with E-state index in [9.17, 15) is 21.2 Å². The van der Waals surface area contributed by atoms with Crippen LogP contribution in [0.5, 0.6) is 0 Å². The van der Waals surface area contributed by atoms with Gasteiger partial charge < -0.3 is 0 Å². The van der Waals surface area contributed by atoms with Crippen LogP contribution < -0.4 is 4.72 Å². The minimum absolute atomic E-state index is 0.0360. The zero-order chi connectivity index (χ0) is 15.0. The van der Waals surface area contributed by atoms with Gasteiger partial charge in [0.1, 0.15) is 5.82 Å². The fraction of sp³-hybridized carbons (Fsp3) is 0.455. The fourth-order valence-corrected chi connectivity index (χ4v) is 5.44. The molecule has 0 spiro atoms. The smallest absolute Gasteiger partial charge is 0.216 e. The number of nitrogens with one attached hydrogen (secondary N) is 1. The molecule has 1 fully saturated rings. The lowest BCUT2D eigenvalue weighted by Crippen LogP contribution is -2.36. The third-order valence-electron chi connectivity index (χ3n) is 2.93. The number of halogens is 2. The molecule has 1 heterocycles. The summed E-state index contributed by atoms with van der Waals surface area (Å²) in [6, 6.07) is 3.01. The van der Waals surface area contributed by atoms with E-state index in [0.717, 1.165) is 6.07 Å². The summed E-state index contributed by atoms with van der Waals surface area (Å²) >= 11 is 5.69. The molecule has 1 N–H and O–H groups in total. The minimum atomic E-state index is -3.82. The number of benzene rings is 1. The molecule has 0 radical (unpaired) electrons. The molecule has 112 valence electrons. The van der Waals surface area contributed by atoms with Crippen LogP contribution in [0.15, 0.2) is 18.2 Å². The second-order valence-corrected chi connectivity index (χ2v) is 9.13. The van der Waals surface area contributed by atoms with E-state index < -0.39 is 37.5 Å². The zero-order valence-electron chi connectivity index (χ0n) is 10.3. The summed E-state index contributed by atoms with van der Waals surface area (Å²) in [4.78, 5) is 0. The van der Waals surface area contributed by atoms with Gasteiger partial charge in [0.15, 0.2) is 9.84 Å². The number of sulfonamides is 1. The lowest BCUT2D eigenvalue weighted by atomic mass is 10.2. The predicted octanol–water partition coefficient (Wildman–Crippen LogP) is 1.09. The van der Waals surface area contributed by atoms with Crippen molar-refractivity contribution >= 4 is 31.5 Å². The number of hydrogen-bond acceptors (Lipinski definition) is 4. The van der Waals surface area contributed by atoms with Crippen LogP contribution in [0.2, 0.25) is 5.02 Å². The molecule has 1 aromatic rings. The van der Waals surface area contributed by atoms with Crippen molar-refractivity contribution in [3.63, 3.8) is 0 Å². The van der Waals surface area contributed by atoms with E-state index in [-0.39, 0.29) is 28.5 Å². The number of rotatable bonds is 4. The van der Waals surface area contributed by atoms with Gasteiger partial charge in [0.05, 0.1) is 17.3 Å². The molecule has 0 aliphatic carbocycles. The van der Waals surface area contributed by atoms with Gasteiger partial charge in [-0.3, -0.25) is 0 Å². The summed E-state index contributed by atoms with van der Waals surface area (Å²) < 4.78 is 62.2. The second-order valence-electron chi connectivity index (χ2n) is 4.71. The van der Waals surface area contributed by atoms with Gasteiger partial charge in [-0.2, -0.15) is 0 Å². The van der Waals surface area contributed by atoms with Crippen molar-refractivity contribution in [2.24, 2.45) is 0 Å². The van der Waals surface area contributed by atoms with E-state index in [1.807, 2.05) is 0 Å². The topological polar surface area (TPSA) is 80.3 Å². The molecule has 0 bridgehead atoms. The molecule has 20 heavy (non-hydrogen) atoms. The third-order valence-corrected chi connectivity index (χ3v) is 6.32. The van der Waals surface area contributed by atoms with Crippen LogP contribution in [0.3, 0.4) is 0 Å². The summed E-state index contributed by atoms with van der Waals surface area (Å²) in [7, 11) is -7.00. The van der Waals surface area contributed by atoms with Crippen molar-refractivity contribution in [1.82, 2.24) is 4.72 Å². The highest BCUT2D eigenvalue weighted by Crippen LogP contribution is 2.18. The van der Waals surface area contributed by atoms with Gasteiger partial charge in [0.25, 0.3) is 0 Å². The van der Waals surface area contributed by atoms with Crippen LogP contribution in [0.4, 0.5) is 4.39 Å². The van der Waals surface area contributed by atoms with Gasteiger partial charge in [-0.25, -0.2) is 25.9 Å². The van der Waals surface area contributed by atoms with Crippen LogP contribution in [0, 0.1) is 5.82 Å². The molecule has 0 saturated carbocycles. The Bertz CT molecular complexity index is 718. The first-order valence-corrected chi connectivity index (χ1v) is 9.66. The summed E-state index contributed by atoms with van der Waals surface area (Å²) in [5, 5.41) is 0.236. The van der Waals surface area contributed by atoms with E-state index in [1.165, 1.54) is 12.1 Å². The van der Waals surface area contributed by atoms with E-state index >= 15 is 0 Å². The molecule has 9 heteroatoms. The highest BCUT2D eigenvalue weighted by molar-refractivity contribution is 7.92. The summed E-state index contributed by atoms with van der Waals surface area (Å²) in [6.07, 6.45) is 0.236. The molecule has 0 amide bonds. The van der Waals surface area contributed by atoms with Crippen LogP contribution in [-0.4, -0.2) is 34.4 Å². The molecule has 1 unspecified atom stereocenters. The first-order chi connectivity index (χ1) is 9.17. The van der Waals surface area contributed by atoms with Crippen molar-refractivity contribution in [2.75, 3.05) is 11.5 Å². The maximum absolute atomic E-state index is 13.5. The molecule has 1 aliphatic rings. The van der Waals surface area contributed by atoms with E-state index in [2.05, 4.69) is 4.72 Å². The Kier molecular flexibility index (Phi) is 4.38. The lowest BCUT2D eigenvalue weighted by Gasteiger charge is -2.12. The predicted molar refractivity (Wildman–Crippen MR) is 74.2 cm³/mol. The van der Waals surface area contributed by atoms with E-state index in [0.29, 0.717) is 0 Å². The molecule has 1 atom stereocenters. The van der Waals surface area contributed by atoms with Crippen LogP contribution in [0.25, 0.3) is 0 Å². The molecule has 2 rings (SSSR count). The Labute approximate surface area is 122 Å². The Balaban J connectivity index is 2.10. The SMILES string of the molecule is O=S1(=O)CCC(NS(=O)(=O)Cc2cc(Cl)ccc2F)C1. The largest absolute Gasteiger partial charge is 0.229 e. The highest BCUT2D eigenvalue weighted by Gasteiger charge is 2.31. The van der Waals surface area contributed by atoms with Gasteiger partial charge in [-0.05, 0) is 24.6 Å². The van der Waals surface area contributed by atoms with Crippen LogP contribution >= 0.6 is 11.6 Å². The van der Waals surface area contributed by atoms with Crippen molar-refractivity contribution in [1.29, 1.82) is 0 Å². The van der Waals surface area contributed by atoms with Crippen molar-refractivity contribution in [2.45, 2.75) is 18.2 Å². The lowest BCUT2D eigenvalue weighted by molar-refractivity contribution is 0.557. The Hall–Kier alpha value is -0.700. The Morgan fingerprint density at radius 2 is 2.10 bits per heavy atom. The second kappa shape index (κ2) is 5.59. The van der Waals surface area contributed by atoms with Crippen molar-refractivity contribution in [3.8, 4) is 0 Å². The number of sulfone groups is 1. The molecule has 0 aromatic heterocycles. The minimum Gasteiger partial charge on any atom is -0.229 e. The van der Waals surface area contributed by atoms with Gasteiger partial charge >= 0.3 is 0 Å². The summed E-state index contributed by atoms with van der Waals surface area (Å²) in [5.74, 6) is -1.50. The van der Waals surface area contributed by atoms with E-state index in [1.54, 1.807) is 0 Å². The van der Waals surface area contributed by atoms with Gasteiger partial charge in [-0.1, -0.05) is 11.6 Å². The maximum Gasteiger partial charge on any atom is 0.216 e. The molecular weight excluding hydrogens is 329 g/mol. The standard InChI is InChI=1S/C11H13ClFNO4S2/c12-9-1-2-11(13)8(5-9)6-20(17,18)14-10-3-4-19(15,16)7-10/h1-2,5,10,14H,3-4,6-7H2. The van der Waals surface area contributed by atoms with Crippen molar-refractivity contribution in [3.05, 3.63) is 34.6 Å². The monoisotopic (exact) mass is 341 g/mol.